The Hall–Kier alpha value is -0.990. The number of fused-ring (bicyclic) bond motifs is 2. The summed E-state index contributed by atoms with van der Waals surface area (Å²) in [5.74, 6) is 0.698. The Balaban J connectivity index is 2.04. The molecule has 1 amide bonds. The highest BCUT2D eigenvalue weighted by Gasteiger charge is 2.40. The molecule has 2 aliphatic heterocycles. The molecule has 0 radical (unpaired) electrons. The highest BCUT2D eigenvalue weighted by molar-refractivity contribution is 5.70. The van der Waals surface area contributed by atoms with Gasteiger partial charge >= 0.3 is 6.09 Å². The standard InChI is InChI=1S/C13H21NO2/c1-9-7-10-5-6-11(8-9)14(10)12(15)16-13(2,3)4/h5-6,9-11H,7-8H2,1-4H3. The van der Waals surface area contributed by atoms with Crippen LogP contribution in [0, 0.1) is 5.92 Å². The van der Waals surface area contributed by atoms with E-state index in [4.69, 9.17) is 4.74 Å². The van der Waals surface area contributed by atoms with Gasteiger partial charge in [-0.25, -0.2) is 4.79 Å². The molecule has 0 aromatic rings. The van der Waals surface area contributed by atoms with E-state index in [9.17, 15) is 4.79 Å². The second-order valence-corrected chi connectivity index (χ2v) is 5.98. The largest absolute Gasteiger partial charge is 0.444 e. The summed E-state index contributed by atoms with van der Waals surface area (Å²) >= 11 is 0. The van der Waals surface area contributed by atoms with Crippen molar-refractivity contribution in [1.29, 1.82) is 0 Å². The molecule has 0 saturated carbocycles. The lowest BCUT2D eigenvalue weighted by Gasteiger charge is -2.38. The van der Waals surface area contributed by atoms with Crippen molar-refractivity contribution in [2.24, 2.45) is 5.92 Å². The number of amides is 1. The van der Waals surface area contributed by atoms with Gasteiger partial charge in [0.25, 0.3) is 0 Å². The van der Waals surface area contributed by atoms with Crippen LogP contribution in [0.25, 0.3) is 0 Å². The van der Waals surface area contributed by atoms with E-state index in [0.29, 0.717) is 5.92 Å². The van der Waals surface area contributed by atoms with Gasteiger partial charge in [0.15, 0.2) is 0 Å². The lowest BCUT2D eigenvalue weighted by molar-refractivity contribution is 0.00640. The molecule has 2 rings (SSSR count). The molecule has 2 bridgehead atoms. The van der Waals surface area contributed by atoms with Crippen LogP contribution in [0.5, 0.6) is 0 Å². The first-order valence-electron chi connectivity index (χ1n) is 6.06. The first-order chi connectivity index (χ1) is 7.37. The van der Waals surface area contributed by atoms with Crippen molar-refractivity contribution in [1.82, 2.24) is 4.90 Å². The number of piperidine rings is 1. The van der Waals surface area contributed by atoms with E-state index >= 15 is 0 Å². The number of rotatable bonds is 0. The fraction of sp³-hybridized carbons (Fsp3) is 0.769. The second kappa shape index (κ2) is 3.79. The summed E-state index contributed by atoms with van der Waals surface area (Å²) in [6, 6.07) is 0.507. The quantitative estimate of drug-likeness (QED) is 0.591. The van der Waals surface area contributed by atoms with Gasteiger partial charge in [0, 0.05) is 0 Å². The number of ether oxygens (including phenoxy) is 1. The Morgan fingerprint density at radius 2 is 1.75 bits per heavy atom. The predicted molar refractivity (Wildman–Crippen MR) is 63.2 cm³/mol. The summed E-state index contributed by atoms with van der Waals surface area (Å²) in [6.07, 6.45) is 6.26. The van der Waals surface area contributed by atoms with Gasteiger partial charge in [-0.15, -0.1) is 0 Å². The number of nitrogens with zero attached hydrogens (tertiary/aromatic N) is 1. The van der Waals surface area contributed by atoms with Gasteiger partial charge in [0.05, 0.1) is 12.1 Å². The van der Waals surface area contributed by atoms with Crippen LogP contribution < -0.4 is 0 Å². The molecule has 16 heavy (non-hydrogen) atoms. The molecule has 1 saturated heterocycles. The first kappa shape index (κ1) is 11.5. The Morgan fingerprint density at radius 3 is 2.19 bits per heavy atom. The molecule has 0 N–H and O–H groups in total. The Kier molecular flexibility index (Phi) is 2.72. The van der Waals surface area contributed by atoms with Gasteiger partial charge < -0.3 is 4.74 Å². The smallest absolute Gasteiger partial charge is 0.411 e. The monoisotopic (exact) mass is 223 g/mol. The fourth-order valence-electron chi connectivity index (χ4n) is 2.58. The third kappa shape index (κ3) is 2.23. The van der Waals surface area contributed by atoms with Crippen molar-refractivity contribution in [2.45, 2.75) is 58.2 Å². The van der Waals surface area contributed by atoms with Crippen molar-refractivity contribution < 1.29 is 9.53 Å². The molecule has 1 fully saturated rings. The fourth-order valence-corrected chi connectivity index (χ4v) is 2.58. The zero-order valence-electron chi connectivity index (χ0n) is 10.6. The molecule has 2 unspecified atom stereocenters. The van der Waals surface area contributed by atoms with Crippen LogP contribution in [0.1, 0.15) is 40.5 Å². The van der Waals surface area contributed by atoms with E-state index in [-0.39, 0.29) is 18.2 Å². The SMILES string of the molecule is CC1CC2C=CC(C1)N2C(=O)OC(C)(C)C. The average molecular weight is 223 g/mol. The van der Waals surface area contributed by atoms with E-state index in [0.717, 1.165) is 12.8 Å². The van der Waals surface area contributed by atoms with Crippen molar-refractivity contribution in [2.75, 3.05) is 0 Å². The van der Waals surface area contributed by atoms with Gasteiger partial charge in [-0.2, -0.15) is 0 Å². The van der Waals surface area contributed by atoms with Gasteiger partial charge in [0.2, 0.25) is 0 Å². The van der Waals surface area contributed by atoms with Crippen LogP contribution in [0.3, 0.4) is 0 Å². The van der Waals surface area contributed by atoms with E-state index in [1.165, 1.54) is 0 Å². The third-order valence-corrected chi connectivity index (χ3v) is 3.16. The van der Waals surface area contributed by atoms with E-state index < -0.39 is 5.60 Å². The van der Waals surface area contributed by atoms with Crippen LogP contribution in [-0.2, 0) is 4.74 Å². The topological polar surface area (TPSA) is 29.5 Å². The lowest BCUT2D eigenvalue weighted by atomic mass is 9.92. The Bertz CT molecular complexity index is 300. The van der Waals surface area contributed by atoms with Crippen LogP contribution >= 0.6 is 0 Å². The molecule has 2 heterocycles. The van der Waals surface area contributed by atoms with Crippen molar-refractivity contribution in [3.05, 3.63) is 12.2 Å². The van der Waals surface area contributed by atoms with Crippen molar-refractivity contribution in [3.8, 4) is 0 Å². The highest BCUT2D eigenvalue weighted by Crippen LogP contribution is 2.34. The molecule has 2 atom stereocenters. The summed E-state index contributed by atoms with van der Waals surface area (Å²) in [5.41, 5.74) is -0.403. The van der Waals surface area contributed by atoms with E-state index in [1.54, 1.807) is 0 Å². The number of carbonyl (C=O) groups is 1. The van der Waals surface area contributed by atoms with Crippen LogP contribution in [0.2, 0.25) is 0 Å². The maximum absolute atomic E-state index is 12.0. The summed E-state index contributed by atoms with van der Waals surface area (Å²) in [7, 11) is 0. The summed E-state index contributed by atoms with van der Waals surface area (Å²) in [6.45, 7) is 7.98. The maximum atomic E-state index is 12.0. The molecule has 3 heteroatoms. The van der Waals surface area contributed by atoms with Crippen LogP contribution in [-0.4, -0.2) is 28.7 Å². The third-order valence-electron chi connectivity index (χ3n) is 3.16. The molecule has 90 valence electrons. The van der Waals surface area contributed by atoms with Gasteiger partial charge in [-0.3, -0.25) is 4.90 Å². The Morgan fingerprint density at radius 1 is 1.25 bits per heavy atom. The van der Waals surface area contributed by atoms with Crippen molar-refractivity contribution in [3.63, 3.8) is 0 Å². The molecular weight excluding hydrogens is 202 g/mol. The normalized spacial score (nSPS) is 33.0. The average Bonchev–Trinajstić information content (AvgIpc) is 2.36. The molecule has 3 nitrogen and oxygen atoms in total. The summed E-state index contributed by atoms with van der Waals surface area (Å²) < 4.78 is 5.44. The zero-order valence-corrected chi connectivity index (χ0v) is 10.6. The van der Waals surface area contributed by atoms with Gasteiger partial charge in [-0.05, 0) is 39.5 Å². The minimum Gasteiger partial charge on any atom is -0.444 e. The lowest BCUT2D eigenvalue weighted by Crippen LogP contribution is -2.48. The van der Waals surface area contributed by atoms with Gasteiger partial charge in [0.1, 0.15) is 5.60 Å². The van der Waals surface area contributed by atoms with Crippen molar-refractivity contribution >= 4 is 6.09 Å². The maximum Gasteiger partial charge on any atom is 0.411 e. The molecule has 0 aromatic carbocycles. The summed E-state index contributed by atoms with van der Waals surface area (Å²) in [4.78, 5) is 13.9. The number of hydrogen-bond acceptors (Lipinski definition) is 2. The predicted octanol–water partition coefficient (Wildman–Crippen LogP) is 2.96. The van der Waals surface area contributed by atoms with Crippen LogP contribution in [0.15, 0.2) is 12.2 Å². The molecule has 0 spiro atoms. The second-order valence-electron chi connectivity index (χ2n) is 5.98. The number of hydrogen-bond donors (Lipinski definition) is 0. The molecule has 0 aromatic heterocycles. The summed E-state index contributed by atoms with van der Waals surface area (Å²) in [5, 5.41) is 0. The minimum absolute atomic E-state index is 0.167. The van der Waals surface area contributed by atoms with Gasteiger partial charge in [-0.1, -0.05) is 19.1 Å². The van der Waals surface area contributed by atoms with E-state index in [1.807, 2.05) is 25.7 Å². The van der Waals surface area contributed by atoms with E-state index in [2.05, 4.69) is 19.1 Å². The number of carbonyl (C=O) groups excluding carboxylic acids is 1. The molecule has 2 aliphatic rings. The highest BCUT2D eigenvalue weighted by atomic mass is 16.6. The van der Waals surface area contributed by atoms with Crippen LogP contribution in [0.4, 0.5) is 4.79 Å². The first-order valence-corrected chi connectivity index (χ1v) is 6.06. The minimum atomic E-state index is -0.403. The molecular formula is C13H21NO2. The Labute approximate surface area is 97.5 Å². The molecule has 0 aliphatic carbocycles. The zero-order chi connectivity index (χ0) is 11.9.